The smallest absolute Gasteiger partial charge is 0.246 e. The zero-order valence-electron chi connectivity index (χ0n) is 17.4. The molecule has 9 nitrogen and oxygen atoms in total. The van der Waals surface area contributed by atoms with Crippen LogP contribution in [-0.4, -0.2) is 50.6 Å². The summed E-state index contributed by atoms with van der Waals surface area (Å²) in [6.07, 6.45) is 4.97. The third kappa shape index (κ3) is 4.56. The fourth-order valence-corrected chi connectivity index (χ4v) is 3.50. The van der Waals surface area contributed by atoms with Crippen molar-refractivity contribution in [3.05, 3.63) is 78.8 Å². The lowest BCUT2D eigenvalue weighted by Gasteiger charge is -2.18. The largest absolute Gasteiger partial charge is 0.439 e. The van der Waals surface area contributed by atoms with E-state index in [9.17, 15) is 4.79 Å². The van der Waals surface area contributed by atoms with E-state index in [2.05, 4.69) is 26.8 Å². The highest BCUT2D eigenvalue weighted by molar-refractivity contribution is 6.16. The second-order valence-electron chi connectivity index (χ2n) is 7.28. The highest BCUT2D eigenvalue weighted by Gasteiger charge is 2.27. The number of para-hydroxylation sites is 1. The van der Waals surface area contributed by atoms with Gasteiger partial charge in [0.1, 0.15) is 23.7 Å². The summed E-state index contributed by atoms with van der Waals surface area (Å²) in [6, 6.07) is 12.8. The molecular weight excluding hydrogens is 406 g/mol. The number of carbonyl (C=O) groups excluding carboxylic acids is 1. The normalized spacial score (nSPS) is 15.2. The minimum absolute atomic E-state index is 0.0143. The minimum atomic E-state index is -0.103. The van der Waals surface area contributed by atoms with E-state index in [1.807, 2.05) is 30.3 Å². The van der Waals surface area contributed by atoms with E-state index in [4.69, 9.17) is 15.9 Å². The Kier molecular flexibility index (Phi) is 6.07. The molecule has 0 radical (unpaired) electrons. The first kappa shape index (κ1) is 21.0. The van der Waals surface area contributed by atoms with E-state index in [0.717, 1.165) is 6.42 Å². The molecule has 1 atom stereocenters. The molecule has 1 aromatic carbocycles. The fraction of sp³-hybridized carbons (Fsp3) is 0.174. The van der Waals surface area contributed by atoms with E-state index < -0.39 is 0 Å². The predicted octanol–water partition coefficient (Wildman–Crippen LogP) is 2.86. The quantitative estimate of drug-likeness (QED) is 0.389. The van der Waals surface area contributed by atoms with E-state index in [-0.39, 0.29) is 23.5 Å². The van der Waals surface area contributed by atoms with Crippen LogP contribution in [0.2, 0.25) is 0 Å². The van der Waals surface area contributed by atoms with Crippen LogP contribution < -0.4 is 15.8 Å². The summed E-state index contributed by atoms with van der Waals surface area (Å²) in [5.41, 5.74) is 7.18. The summed E-state index contributed by atoms with van der Waals surface area (Å²) in [5.74, 6) is 1.63. The lowest BCUT2D eigenvalue weighted by atomic mass is 10.0. The topological polar surface area (TPSA) is 130 Å². The zero-order chi connectivity index (χ0) is 22.5. The van der Waals surface area contributed by atoms with Crippen molar-refractivity contribution < 1.29 is 9.53 Å². The number of ether oxygens (including phenoxy) is 1. The number of anilines is 2. The Morgan fingerprint density at radius 1 is 1.22 bits per heavy atom. The van der Waals surface area contributed by atoms with Crippen molar-refractivity contribution >= 4 is 23.3 Å². The van der Waals surface area contributed by atoms with Crippen LogP contribution in [0.3, 0.4) is 0 Å². The van der Waals surface area contributed by atoms with Gasteiger partial charge in [-0.25, -0.2) is 15.0 Å². The van der Waals surface area contributed by atoms with Crippen molar-refractivity contribution in [2.75, 3.05) is 24.1 Å². The van der Waals surface area contributed by atoms with Gasteiger partial charge in [0.2, 0.25) is 11.8 Å². The lowest BCUT2D eigenvalue weighted by molar-refractivity contribution is -0.125. The molecule has 0 aliphatic carbocycles. The average Bonchev–Trinajstić information content (AvgIpc) is 3.28. The molecule has 3 aromatic rings. The first-order valence-electron chi connectivity index (χ1n) is 10.1. The van der Waals surface area contributed by atoms with Crippen LogP contribution in [0.4, 0.5) is 11.6 Å². The van der Waals surface area contributed by atoms with Crippen molar-refractivity contribution in [2.24, 2.45) is 0 Å². The number of rotatable bonds is 7. The van der Waals surface area contributed by atoms with Gasteiger partial charge in [-0.2, -0.15) is 0 Å². The van der Waals surface area contributed by atoms with Crippen LogP contribution in [-0.2, 0) is 4.79 Å². The van der Waals surface area contributed by atoms with Gasteiger partial charge in [0, 0.05) is 37.0 Å². The number of pyridine rings is 1. The Balaban J connectivity index is 1.51. The first-order chi connectivity index (χ1) is 15.5. The molecule has 1 unspecified atom stereocenters. The van der Waals surface area contributed by atoms with E-state index in [1.165, 1.54) is 12.4 Å². The number of hydrogen-bond acceptors (Lipinski definition) is 8. The number of nitrogen functional groups attached to an aromatic ring is 1. The SMILES string of the molecule is C=CC(=O)N1CCC(Nc2ncnc(N)c2C(=N)c2ccc(Oc3ccccc3)nc2)C1. The van der Waals surface area contributed by atoms with Crippen LogP contribution in [0.15, 0.2) is 67.6 Å². The number of aromatic nitrogens is 3. The number of carbonyl (C=O) groups is 1. The molecule has 0 bridgehead atoms. The van der Waals surface area contributed by atoms with Gasteiger partial charge in [-0.15, -0.1) is 0 Å². The number of nitrogens with zero attached hydrogens (tertiary/aromatic N) is 4. The molecule has 162 valence electrons. The minimum Gasteiger partial charge on any atom is -0.439 e. The molecule has 0 saturated carbocycles. The Bertz CT molecular complexity index is 1130. The number of hydrogen-bond donors (Lipinski definition) is 3. The van der Waals surface area contributed by atoms with E-state index in [0.29, 0.717) is 41.7 Å². The molecule has 1 aliphatic heterocycles. The van der Waals surface area contributed by atoms with Crippen molar-refractivity contribution in [2.45, 2.75) is 12.5 Å². The molecule has 3 heterocycles. The zero-order valence-corrected chi connectivity index (χ0v) is 17.4. The third-order valence-electron chi connectivity index (χ3n) is 5.13. The van der Waals surface area contributed by atoms with Crippen molar-refractivity contribution in [1.29, 1.82) is 5.41 Å². The molecule has 32 heavy (non-hydrogen) atoms. The van der Waals surface area contributed by atoms with Crippen molar-refractivity contribution in [1.82, 2.24) is 19.9 Å². The Morgan fingerprint density at radius 3 is 2.75 bits per heavy atom. The maximum absolute atomic E-state index is 11.9. The Labute approximate surface area is 185 Å². The Hall–Kier alpha value is -4.27. The van der Waals surface area contributed by atoms with Gasteiger partial charge in [-0.3, -0.25) is 10.2 Å². The molecule has 1 amide bonds. The van der Waals surface area contributed by atoms with Crippen LogP contribution in [0.5, 0.6) is 11.6 Å². The standard InChI is InChI=1S/C23H23N7O2/c1-2-19(31)30-11-10-16(13-30)29-23-20(22(25)27-14-28-23)21(24)15-8-9-18(26-12-15)32-17-6-4-3-5-7-17/h2-9,12,14,16,24H,1,10-11,13H2,(H3,25,27,28,29). The van der Waals surface area contributed by atoms with Gasteiger partial charge < -0.3 is 20.7 Å². The summed E-state index contributed by atoms with van der Waals surface area (Å²) in [5, 5.41) is 12.0. The summed E-state index contributed by atoms with van der Waals surface area (Å²) >= 11 is 0. The fourth-order valence-electron chi connectivity index (χ4n) is 3.50. The Morgan fingerprint density at radius 2 is 2.03 bits per heavy atom. The third-order valence-corrected chi connectivity index (χ3v) is 5.13. The molecule has 2 aromatic heterocycles. The second-order valence-corrected chi connectivity index (χ2v) is 7.28. The van der Waals surface area contributed by atoms with Crippen molar-refractivity contribution in [3.63, 3.8) is 0 Å². The lowest BCUT2D eigenvalue weighted by Crippen LogP contribution is -2.30. The molecule has 9 heteroatoms. The highest BCUT2D eigenvalue weighted by Crippen LogP contribution is 2.25. The molecule has 4 N–H and O–H groups in total. The van der Waals surface area contributed by atoms with Gasteiger partial charge in [-0.1, -0.05) is 24.8 Å². The number of benzene rings is 1. The monoisotopic (exact) mass is 429 g/mol. The van der Waals surface area contributed by atoms with E-state index >= 15 is 0 Å². The molecule has 1 saturated heterocycles. The number of nitrogens with one attached hydrogen (secondary N) is 2. The maximum Gasteiger partial charge on any atom is 0.246 e. The summed E-state index contributed by atoms with van der Waals surface area (Å²) < 4.78 is 5.71. The molecule has 4 rings (SSSR count). The van der Waals surface area contributed by atoms with Crippen LogP contribution in [0, 0.1) is 5.41 Å². The number of likely N-dealkylation sites (tertiary alicyclic amines) is 1. The average molecular weight is 429 g/mol. The van der Waals surface area contributed by atoms with E-state index in [1.54, 1.807) is 23.2 Å². The maximum atomic E-state index is 11.9. The van der Waals surface area contributed by atoms with Crippen molar-refractivity contribution in [3.8, 4) is 11.6 Å². The van der Waals surface area contributed by atoms with Crippen LogP contribution >= 0.6 is 0 Å². The molecule has 1 aliphatic rings. The van der Waals surface area contributed by atoms with Crippen LogP contribution in [0.25, 0.3) is 0 Å². The van der Waals surface area contributed by atoms with Gasteiger partial charge in [-0.05, 0) is 30.7 Å². The summed E-state index contributed by atoms with van der Waals surface area (Å²) in [6.45, 7) is 4.68. The molecular formula is C23H23N7O2. The summed E-state index contributed by atoms with van der Waals surface area (Å²) in [7, 11) is 0. The summed E-state index contributed by atoms with van der Waals surface area (Å²) in [4.78, 5) is 26.2. The number of amides is 1. The van der Waals surface area contributed by atoms with Gasteiger partial charge in [0.15, 0.2) is 0 Å². The number of nitrogens with two attached hydrogens (primary N) is 1. The van der Waals surface area contributed by atoms with Gasteiger partial charge in [0.05, 0.1) is 11.3 Å². The van der Waals surface area contributed by atoms with Crippen LogP contribution in [0.1, 0.15) is 17.5 Å². The molecule has 1 fully saturated rings. The van der Waals surface area contributed by atoms with Gasteiger partial charge >= 0.3 is 0 Å². The molecule has 0 spiro atoms. The van der Waals surface area contributed by atoms with Gasteiger partial charge in [0.25, 0.3) is 0 Å². The highest BCUT2D eigenvalue weighted by atomic mass is 16.5. The predicted molar refractivity (Wildman–Crippen MR) is 122 cm³/mol. The second kappa shape index (κ2) is 9.25. The first-order valence-corrected chi connectivity index (χ1v) is 10.1.